The summed E-state index contributed by atoms with van der Waals surface area (Å²) in [5.74, 6) is 0. The Morgan fingerprint density at radius 3 is 1.00 bits per heavy atom. The van der Waals surface area contributed by atoms with Crippen LogP contribution in [0.4, 0.5) is 0 Å². The Morgan fingerprint density at radius 2 is 0.633 bits per heavy atom. The summed E-state index contributed by atoms with van der Waals surface area (Å²) in [6.07, 6.45) is 0. The van der Waals surface area contributed by atoms with E-state index in [0.717, 1.165) is 0 Å². The maximum absolute atomic E-state index is 2.29. The van der Waals surface area contributed by atoms with E-state index in [1.807, 2.05) is 0 Å². The zero-order valence-electron chi connectivity index (χ0n) is 13.9. The monoisotopic (exact) mass is 398 g/mol. The second-order valence-corrected chi connectivity index (χ2v) is 6.57. The number of hydrogen-bond donors (Lipinski definition) is 0. The van der Waals surface area contributed by atoms with Crippen LogP contribution >= 0.6 is 0 Å². The molecule has 1 aliphatic carbocycles. The van der Waals surface area contributed by atoms with Gasteiger partial charge in [0, 0.05) is 0 Å². The highest BCUT2D eigenvalue weighted by Gasteiger charge is 2.45. The molecule has 0 nitrogen and oxygen atoms in total. The normalized spacial score (nSPS) is 11.6. The van der Waals surface area contributed by atoms with E-state index in [9.17, 15) is 0 Å². The molecule has 4 aromatic carbocycles. The van der Waals surface area contributed by atoms with Gasteiger partial charge in [-0.1, -0.05) is 146 Å². The van der Waals surface area contributed by atoms with Gasteiger partial charge in [0.1, 0.15) is 0 Å². The lowest BCUT2D eigenvalue weighted by atomic mass is 9.68. The van der Waals surface area contributed by atoms with Gasteiger partial charge >= 0.3 is 0 Å². The summed E-state index contributed by atoms with van der Waals surface area (Å²) in [6, 6.07) is 39.5. The predicted molar refractivity (Wildman–Crippen MR) is 137 cm³/mol. The van der Waals surface area contributed by atoms with Gasteiger partial charge in [0.05, 0.1) is 5.41 Å². The second kappa shape index (κ2) is 10.6. The molecule has 0 heterocycles. The topological polar surface area (TPSA) is 0 Å². The van der Waals surface area contributed by atoms with E-state index >= 15 is 0 Å². The lowest BCUT2D eigenvalue weighted by Gasteiger charge is -2.33. The summed E-state index contributed by atoms with van der Waals surface area (Å²) >= 11 is 0. The van der Waals surface area contributed by atoms with Gasteiger partial charge in [0.2, 0.25) is 0 Å². The summed E-state index contributed by atoms with van der Waals surface area (Å²) in [5.41, 5.74) is 7.80. The molecular weight excluding hydrogens is 360 g/mol. The van der Waals surface area contributed by atoms with Crippen molar-refractivity contribution >= 4 is 0 Å². The van der Waals surface area contributed by atoms with Crippen LogP contribution in [0.3, 0.4) is 0 Å². The van der Waals surface area contributed by atoms with Crippen molar-refractivity contribution in [2.45, 2.75) is 42.5 Å². The van der Waals surface area contributed by atoms with Crippen molar-refractivity contribution in [1.29, 1.82) is 0 Å². The first kappa shape index (κ1) is 26.9. The molecule has 0 N–H and O–H groups in total. The number of benzene rings is 4. The van der Waals surface area contributed by atoms with E-state index in [2.05, 4.69) is 109 Å². The molecule has 0 saturated heterocycles. The maximum atomic E-state index is 2.29. The third-order valence-corrected chi connectivity index (χ3v) is 5.37. The maximum Gasteiger partial charge on any atom is 0.0713 e. The molecule has 30 heavy (non-hydrogen) atoms. The molecule has 0 aliphatic heterocycles. The first-order chi connectivity index (χ1) is 12.4. The highest BCUT2D eigenvalue weighted by atomic mass is 14.5. The molecule has 0 spiro atoms. The second-order valence-electron chi connectivity index (χ2n) is 6.57. The van der Waals surface area contributed by atoms with E-state index in [1.54, 1.807) is 0 Å². The summed E-state index contributed by atoms with van der Waals surface area (Å²) < 4.78 is 0. The van der Waals surface area contributed by atoms with Crippen molar-refractivity contribution in [2.75, 3.05) is 0 Å². The van der Waals surface area contributed by atoms with E-state index in [-0.39, 0.29) is 42.5 Å². The number of rotatable bonds is 2. The van der Waals surface area contributed by atoms with Crippen LogP contribution in [0.1, 0.15) is 59.4 Å². The lowest BCUT2D eigenvalue weighted by Crippen LogP contribution is -2.28. The average Bonchev–Trinajstić information content (AvgIpc) is 3.01. The molecule has 0 radical (unpaired) electrons. The molecule has 4 aromatic rings. The molecule has 0 aromatic heterocycles. The SMILES string of the molecule is C.C.C.C.C.c1ccc(C2(c3ccccc3)c3ccccc3-c3ccccc32)cc1. The van der Waals surface area contributed by atoms with Crippen molar-refractivity contribution in [3.05, 3.63) is 131 Å². The molecular formula is C30H38. The van der Waals surface area contributed by atoms with Crippen molar-refractivity contribution < 1.29 is 0 Å². The Kier molecular flexibility index (Phi) is 9.50. The van der Waals surface area contributed by atoms with Gasteiger partial charge in [-0.05, 0) is 33.4 Å². The minimum atomic E-state index is -0.254. The predicted octanol–water partition coefficient (Wildman–Crippen LogP) is 9.23. The fourth-order valence-electron chi connectivity index (χ4n) is 4.40. The fourth-order valence-corrected chi connectivity index (χ4v) is 4.40. The van der Waals surface area contributed by atoms with Crippen LogP contribution in [0.2, 0.25) is 0 Å². The Hall–Kier alpha value is -3.12. The van der Waals surface area contributed by atoms with Crippen molar-refractivity contribution in [3.8, 4) is 11.1 Å². The molecule has 0 fully saturated rings. The van der Waals surface area contributed by atoms with Gasteiger partial charge in [-0.2, -0.15) is 0 Å². The summed E-state index contributed by atoms with van der Waals surface area (Å²) in [6.45, 7) is 0. The third kappa shape index (κ3) is 3.59. The van der Waals surface area contributed by atoms with Crippen LogP contribution in [0.5, 0.6) is 0 Å². The molecule has 158 valence electrons. The van der Waals surface area contributed by atoms with Crippen molar-refractivity contribution in [2.24, 2.45) is 0 Å². The first-order valence-corrected chi connectivity index (χ1v) is 8.73. The third-order valence-electron chi connectivity index (χ3n) is 5.37. The lowest BCUT2D eigenvalue weighted by molar-refractivity contribution is 0.768. The Bertz CT molecular complexity index is 943. The largest absolute Gasteiger partial charge is 0.0776 e. The van der Waals surface area contributed by atoms with Crippen molar-refractivity contribution in [3.63, 3.8) is 0 Å². The Labute approximate surface area is 185 Å². The van der Waals surface area contributed by atoms with Gasteiger partial charge in [-0.15, -0.1) is 0 Å². The summed E-state index contributed by atoms with van der Waals surface area (Å²) in [5, 5.41) is 0. The van der Waals surface area contributed by atoms with Crippen LogP contribution in [0, 0.1) is 0 Å². The Balaban J connectivity index is 0.00000168. The molecule has 5 rings (SSSR count). The van der Waals surface area contributed by atoms with Gasteiger partial charge in [-0.3, -0.25) is 0 Å². The minimum Gasteiger partial charge on any atom is -0.0776 e. The van der Waals surface area contributed by atoms with E-state index in [1.165, 1.54) is 33.4 Å². The molecule has 0 saturated carbocycles. The zero-order valence-corrected chi connectivity index (χ0v) is 13.9. The highest BCUT2D eigenvalue weighted by molar-refractivity contribution is 5.86. The quantitative estimate of drug-likeness (QED) is 0.278. The van der Waals surface area contributed by atoms with Gasteiger partial charge in [0.15, 0.2) is 0 Å². The van der Waals surface area contributed by atoms with Gasteiger partial charge in [-0.25, -0.2) is 0 Å². The molecule has 0 atom stereocenters. The summed E-state index contributed by atoms with van der Waals surface area (Å²) in [4.78, 5) is 0. The van der Waals surface area contributed by atoms with Crippen LogP contribution < -0.4 is 0 Å². The average molecular weight is 399 g/mol. The molecule has 0 bridgehead atoms. The molecule has 0 amide bonds. The molecule has 0 heteroatoms. The minimum absolute atomic E-state index is 0. The van der Waals surface area contributed by atoms with E-state index < -0.39 is 0 Å². The zero-order chi connectivity index (χ0) is 16.7. The number of hydrogen-bond acceptors (Lipinski definition) is 0. The molecule has 1 aliphatic rings. The highest BCUT2D eigenvalue weighted by Crippen LogP contribution is 2.55. The molecule has 0 unspecified atom stereocenters. The fraction of sp³-hybridized carbons (Fsp3) is 0.200. The van der Waals surface area contributed by atoms with Crippen LogP contribution in [0.15, 0.2) is 109 Å². The number of fused-ring (bicyclic) bond motifs is 3. The van der Waals surface area contributed by atoms with Gasteiger partial charge < -0.3 is 0 Å². The van der Waals surface area contributed by atoms with E-state index in [0.29, 0.717) is 0 Å². The first-order valence-electron chi connectivity index (χ1n) is 8.73. The smallest absolute Gasteiger partial charge is 0.0713 e. The standard InChI is InChI=1S/C25H18.5CH4/c1-3-11-19(12-4-1)25(20-13-5-2-6-14-20)23-17-9-7-15-21(23)22-16-8-10-18-24(22)25;;;;;/h1-18H;5*1H4. The summed E-state index contributed by atoms with van der Waals surface area (Å²) in [7, 11) is 0. The van der Waals surface area contributed by atoms with Crippen LogP contribution in [0.25, 0.3) is 11.1 Å². The van der Waals surface area contributed by atoms with Crippen LogP contribution in [-0.4, -0.2) is 0 Å². The van der Waals surface area contributed by atoms with Gasteiger partial charge in [0.25, 0.3) is 0 Å². The van der Waals surface area contributed by atoms with E-state index in [4.69, 9.17) is 0 Å². The van der Waals surface area contributed by atoms with Crippen LogP contribution in [-0.2, 0) is 5.41 Å². The van der Waals surface area contributed by atoms with Crippen molar-refractivity contribution in [1.82, 2.24) is 0 Å². The Morgan fingerprint density at radius 1 is 0.333 bits per heavy atom.